The van der Waals surface area contributed by atoms with Gasteiger partial charge in [0.1, 0.15) is 17.9 Å². The van der Waals surface area contributed by atoms with Crippen LogP contribution in [0.4, 0.5) is 9.18 Å². The molecule has 1 aromatic carbocycles. The van der Waals surface area contributed by atoms with Gasteiger partial charge in [0.15, 0.2) is 10.8 Å². The van der Waals surface area contributed by atoms with Crippen LogP contribution in [0.2, 0.25) is 5.02 Å². The molecule has 43 heavy (non-hydrogen) atoms. The molecule has 3 saturated heterocycles. The Balaban J connectivity index is 1.23. The highest BCUT2D eigenvalue weighted by atomic mass is 35.5. The van der Waals surface area contributed by atoms with Crippen LogP contribution < -0.4 is 5.32 Å². The van der Waals surface area contributed by atoms with Crippen LogP contribution in [0.3, 0.4) is 0 Å². The molecular formula is C28H31ClFN7O5S. The van der Waals surface area contributed by atoms with E-state index in [-0.39, 0.29) is 47.3 Å². The fourth-order valence-electron chi connectivity index (χ4n) is 6.45. The van der Waals surface area contributed by atoms with E-state index >= 15 is 0 Å². The van der Waals surface area contributed by atoms with Gasteiger partial charge in [-0.3, -0.25) is 19.6 Å². The Morgan fingerprint density at radius 1 is 1.21 bits per heavy atom. The van der Waals surface area contributed by atoms with E-state index in [0.717, 1.165) is 6.07 Å². The number of carboxylic acid groups (broad SMARTS) is 1. The molecule has 5 heterocycles. The summed E-state index contributed by atoms with van der Waals surface area (Å²) in [5.41, 5.74) is 0.830. The minimum absolute atomic E-state index is 0.0169. The Bertz CT molecular complexity index is 1500. The molecule has 0 aliphatic carbocycles. The maximum atomic E-state index is 13.9. The molecule has 12 nitrogen and oxygen atoms in total. The first kappa shape index (κ1) is 29.5. The van der Waals surface area contributed by atoms with Crippen molar-refractivity contribution in [3.8, 4) is 0 Å². The largest absolute Gasteiger partial charge is 0.478 e. The van der Waals surface area contributed by atoms with Crippen LogP contribution in [0.25, 0.3) is 0 Å². The molecule has 0 saturated carbocycles. The van der Waals surface area contributed by atoms with Gasteiger partial charge >= 0.3 is 18.0 Å². The number of urea groups is 1. The zero-order valence-corrected chi connectivity index (χ0v) is 25.1. The number of fused-ring (bicyclic) bond motifs is 1. The number of carboxylic acids is 1. The molecule has 3 fully saturated rings. The summed E-state index contributed by atoms with van der Waals surface area (Å²) in [5.74, 6) is -1.59. The molecule has 4 aliphatic rings. The number of ether oxygens (including phenoxy) is 1. The van der Waals surface area contributed by atoms with Crippen molar-refractivity contribution >= 4 is 46.7 Å². The van der Waals surface area contributed by atoms with Gasteiger partial charge in [0, 0.05) is 73.2 Å². The topological polar surface area (TPSA) is 131 Å². The number of methoxy groups -OCH3 is 1. The van der Waals surface area contributed by atoms with Crippen LogP contribution in [0.5, 0.6) is 0 Å². The van der Waals surface area contributed by atoms with Gasteiger partial charge in [-0.1, -0.05) is 17.7 Å². The molecule has 4 atom stereocenters. The molecule has 1 aromatic heterocycles. The predicted octanol–water partition coefficient (Wildman–Crippen LogP) is 2.03. The number of piperazine rings is 1. The highest BCUT2D eigenvalue weighted by Crippen LogP contribution is 2.37. The zero-order valence-electron chi connectivity index (χ0n) is 23.6. The van der Waals surface area contributed by atoms with Gasteiger partial charge in [-0.2, -0.15) is 0 Å². The lowest BCUT2D eigenvalue weighted by Gasteiger charge is -2.38. The van der Waals surface area contributed by atoms with E-state index in [4.69, 9.17) is 16.3 Å². The van der Waals surface area contributed by atoms with Crippen molar-refractivity contribution < 1.29 is 28.6 Å². The first-order valence-electron chi connectivity index (χ1n) is 13.9. The number of aromatic nitrogens is 1. The molecule has 2 N–H and O–H groups in total. The normalized spacial score (nSPS) is 26.4. The van der Waals surface area contributed by atoms with Crippen molar-refractivity contribution in [2.75, 3.05) is 53.4 Å². The highest BCUT2D eigenvalue weighted by Gasteiger charge is 2.47. The fraction of sp³-hybridized carbons (Fsp3) is 0.464. The van der Waals surface area contributed by atoms with E-state index in [1.165, 1.54) is 30.6 Å². The summed E-state index contributed by atoms with van der Waals surface area (Å²) in [5, 5.41) is 16.0. The molecule has 2 unspecified atom stereocenters. The van der Waals surface area contributed by atoms with Crippen LogP contribution in [-0.2, 0) is 14.3 Å². The summed E-state index contributed by atoms with van der Waals surface area (Å²) in [4.78, 5) is 55.1. The third-order valence-corrected chi connectivity index (χ3v) is 9.64. The molecule has 228 valence electrons. The summed E-state index contributed by atoms with van der Waals surface area (Å²) < 4.78 is 18.8. The molecule has 0 spiro atoms. The maximum absolute atomic E-state index is 13.9. The SMILES string of the molecule is COC(=O)[C@H]1C[C@H](N2CC3CN(CC4=C(C(=O)O)C(c5ccc(F)cc5Cl)N=C(c5nccs5)N4)CCN3C2=O)CN1C. The third kappa shape index (κ3) is 5.59. The van der Waals surface area contributed by atoms with E-state index in [1.54, 1.807) is 11.6 Å². The van der Waals surface area contributed by atoms with Crippen molar-refractivity contribution in [3.05, 3.63) is 62.5 Å². The van der Waals surface area contributed by atoms with Crippen molar-refractivity contribution in [2.45, 2.75) is 30.6 Å². The number of aliphatic imine (C=N–C) groups is 1. The lowest BCUT2D eigenvalue weighted by Crippen LogP contribution is -2.53. The third-order valence-electron chi connectivity index (χ3n) is 8.54. The first-order chi connectivity index (χ1) is 20.6. The number of carbonyl (C=O) groups excluding carboxylic acids is 2. The quantitative estimate of drug-likeness (QED) is 0.441. The van der Waals surface area contributed by atoms with E-state index in [2.05, 4.69) is 20.2 Å². The number of likely N-dealkylation sites (tertiary alicyclic amines) is 1. The summed E-state index contributed by atoms with van der Waals surface area (Å²) >= 11 is 7.75. The zero-order chi connectivity index (χ0) is 30.4. The highest BCUT2D eigenvalue weighted by molar-refractivity contribution is 7.11. The number of nitrogens with one attached hydrogen (secondary N) is 1. The monoisotopic (exact) mass is 631 g/mol. The minimum atomic E-state index is -1.17. The number of esters is 1. The standard InChI is InChI=1S/C28H31ClFN7O5S/c1-34-11-16(10-21(34)27(40)42-2)37-13-17-12-35(6-7-36(17)28(37)41)14-20-22(26(38)39)23(18-4-3-15(30)9-19(18)29)33-24(32-20)25-31-5-8-43-25/h3-5,8-9,16-17,21,23H,6-7,10-14H2,1-2H3,(H,32,33)(H,38,39)/t16-,17?,21+,23?/m0/s1. The number of amides is 2. The van der Waals surface area contributed by atoms with Crippen LogP contribution in [0, 0.1) is 5.82 Å². The molecule has 4 aliphatic heterocycles. The van der Waals surface area contributed by atoms with Gasteiger partial charge in [0.05, 0.1) is 18.7 Å². The Kier molecular flexibility index (Phi) is 8.11. The summed E-state index contributed by atoms with van der Waals surface area (Å²) in [6, 6.07) is 2.25. The van der Waals surface area contributed by atoms with Crippen molar-refractivity contribution in [1.82, 2.24) is 29.9 Å². The molecule has 0 radical (unpaired) electrons. The number of amidine groups is 1. The number of aliphatic carboxylic acids is 1. The number of likely N-dealkylation sites (N-methyl/N-ethyl adjacent to an activating group) is 1. The lowest BCUT2D eigenvalue weighted by molar-refractivity contribution is -0.145. The van der Waals surface area contributed by atoms with Crippen molar-refractivity contribution in [3.63, 3.8) is 0 Å². The number of rotatable bonds is 7. The Morgan fingerprint density at radius 2 is 2.02 bits per heavy atom. The Labute approximate surface area is 256 Å². The molecule has 15 heteroatoms. The van der Waals surface area contributed by atoms with E-state index in [1.807, 2.05) is 21.7 Å². The van der Waals surface area contributed by atoms with Crippen molar-refractivity contribution in [1.29, 1.82) is 0 Å². The first-order valence-corrected chi connectivity index (χ1v) is 15.1. The smallest absolute Gasteiger partial charge is 0.335 e. The van der Waals surface area contributed by atoms with Gasteiger partial charge in [-0.25, -0.2) is 19.0 Å². The van der Waals surface area contributed by atoms with Gasteiger partial charge < -0.3 is 25.0 Å². The van der Waals surface area contributed by atoms with Crippen LogP contribution in [0.1, 0.15) is 23.0 Å². The second-order valence-electron chi connectivity index (χ2n) is 11.1. The summed E-state index contributed by atoms with van der Waals surface area (Å²) in [6.45, 7) is 2.92. The molecule has 2 aromatic rings. The maximum Gasteiger partial charge on any atom is 0.335 e. The van der Waals surface area contributed by atoms with E-state index < -0.39 is 17.8 Å². The van der Waals surface area contributed by atoms with Crippen molar-refractivity contribution in [2.24, 2.45) is 4.99 Å². The summed E-state index contributed by atoms with van der Waals surface area (Å²) in [6.07, 6.45) is 2.15. The van der Waals surface area contributed by atoms with Gasteiger partial charge in [-0.15, -0.1) is 11.3 Å². The molecule has 2 amide bonds. The minimum Gasteiger partial charge on any atom is -0.478 e. The summed E-state index contributed by atoms with van der Waals surface area (Å²) in [7, 11) is 3.23. The average Bonchev–Trinajstić information content (AvgIpc) is 3.71. The van der Waals surface area contributed by atoms with Crippen LogP contribution in [-0.4, -0.2) is 125 Å². The molecule has 0 bridgehead atoms. The van der Waals surface area contributed by atoms with Gasteiger partial charge in [0.25, 0.3) is 0 Å². The molecule has 6 rings (SSSR count). The van der Waals surface area contributed by atoms with Gasteiger partial charge in [0.2, 0.25) is 0 Å². The fourth-order valence-corrected chi connectivity index (χ4v) is 7.31. The number of carbonyl (C=O) groups is 3. The second-order valence-corrected chi connectivity index (χ2v) is 12.4. The van der Waals surface area contributed by atoms with Gasteiger partial charge in [-0.05, 0) is 25.6 Å². The number of nitrogens with zero attached hydrogens (tertiary/aromatic N) is 6. The number of halogens is 2. The average molecular weight is 632 g/mol. The van der Waals surface area contributed by atoms with E-state index in [9.17, 15) is 23.9 Å². The number of hydrogen-bond acceptors (Lipinski definition) is 10. The van der Waals surface area contributed by atoms with E-state index in [0.29, 0.717) is 61.2 Å². The Morgan fingerprint density at radius 3 is 2.72 bits per heavy atom. The lowest BCUT2D eigenvalue weighted by atomic mass is 9.95. The van der Waals surface area contributed by atoms with Crippen LogP contribution >= 0.6 is 22.9 Å². The molecular weight excluding hydrogens is 601 g/mol. The number of thiazole rings is 1. The predicted molar refractivity (Wildman–Crippen MR) is 156 cm³/mol. The number of hydrogen-bond donors (Lipinski definition) is 2. The number of benzene rings is 1. The Hall–Kier alpha value is -3.59. The van der Waals surface area contributed by atoms with Crippen LogP contribution in [0.15, 0.2) is 46.0 Å². The second kappa shape index (κ2) is 11.8.